The predicted molar refractivity (Wildman–Crippen MR) is 83.5 cm³/mol. The zero-order valence-corrected chi connectivity index (χ0v) is 12.5. The van der Waals surface area contributed by atoms with E-state index >= 15 is 0 Å². The predicted octanol–water partition coefficient (Wildman–Crippen LogP) is 4.77. The molecule has 0 radical (unpaired) electrons. The topological polar surface area (TPSA) is 32.3 Å². The number of amides is 2. The number of anilines is 1. The number of nitrogens with zero attached hydrogens (tertiary/aromatic N) is 1. The average molecular weight is 307 g/mol. The maximum Gasteiger partial charge on any atom is 0.322 e. The van der Waals surface area contributed by atoms with Crippen molar-refractivity contribution >= 4 is 34.7 Å². The maximum absolute atomic E-state index is 12.4. The molecule has 2 heterocycles. The molecule has 0 unspecified atom stereocenters. The lowest BCUT2D eigenvalue weighted by Crippen LogP contribution is -2.34. The second kappa shape index (κ2) is 5.85. The van der Waals surface area contributed by atoms with Crippen molar-refractivity contribution in [1.29, 1.82) is 0 Å². The van der Waals surface area contributed by atoms with E-state index in [0.29, 0.717) is 5.02 Å². The van der Waals surface area contributed by atoms with Gasteiger partial charge in [-0.15, -0.1) is 11.3 Å². The molecule has 104 valence electrons. The minimum absolute atomic E-state index is 0.0387. The van der Waals surface area contributed by atoms with Crippen molar-refractivity contribution in [2.75, 3.05) is 11.9 Å². The van der Waals surface area contributed by atoms with Gasteiger partial charge < -0.3 is 10.2 Å². The van der Waals surface area contributed by atoms with Crippen molar-refractivity contribution in [3.8, 4) is 0 Å². The van der Waals surface area contributed by atoms with E-state index in [-0.39, 0.29) is 12.1 Å². The van der Waals surface area contributed by atoms with Gasteiger partial charge in [0, 0.05) is 22.1 Å². The van der Waals surface area contributed by atoms with E-state index in [1.165, 1.54) is 4.88 Å². The Balaban J connectivity index is 1.71. The summed E-state index contributed by atoms with van der Waals surface area (Å²) in [4.78, 5) is 15.6. The maximum atomic E-state index is 12.4. The highest BCUT2D eigenvalue weighted by molar-refractivity contribution is 7.10. The number of nitrogens with one attached hydrogen (secondary N) is 1. The molecule has 1 fully saturated rings. The second-order valence-corrected chi connectivity index (χ2v) is 6.22. The molecule has 1 aliphatic heterocycles. The summed E-state index contributed by atoms with van der Waals surface area (Å²) in [6.07, 6.45) is 2.09. The van der Waals surface area contributed by atoms with Crippen molar-refractivity contribution < 1.29 is 4.79 Å². The van der Waals surface area contributed by atoms with Gasteiger partial charge in [-0.3, -0.25) is 0 Å². The minimum atomic E-state index is -0.0387. The Morgan fingerprint density at radius 3 is 2.80 bits per heavy atom. The average Bonchev–Trinajstić information content (AvgIpc) is 3.11. The highest BCUT2D eigenvalue weighted by Gasteiger charge is 2.30. The number of hydrogen-bond donors (Lipinski definition) is 1. The quantitative estimate of drug-likeness (QED) is 0.851. The number of carbonyl (C=O) groups is 1. The monoisotopic (exact) mass is 306 g/mol. The number of thiophene rings is 1. The summed E-state index contributed by atoms with van der Waals surface area (Å²) in [6.45, 7) is 0.808. The lowest BCUT2D eigenvalue weighted by Gasteiger charge is -2.24. The van der Waals surface area contributed by atoms with Crippen LogP contribution in [-0.4, -0.2) is 17.5 Å². The standard InChI is InChI=1S/C15H15ClN2OS/c16-11-5-7-12(8-6-11)17-15(19)18-9-1-3-13(18)14-4-2-10-20-14/h2,4-8,10,13H,1,3,9H2,(H,17,19)/t13-/m1/s1. The van der Waals surface area contributed by atoms with Gasteiger partial charge in [-0.1, -0.05) is 17.7 Å². The third-order valence-electron chi connectivity index (χ3n) is 3.48. The number of benzene rings is 1. The lowest BCUT2D eigenvalue weighted by molar-refractivity contribution is 0.208. The van der Waals surface area contributed by atoms with E-state index in [1.54, 1.807) is 23.5 Å². The normalized spacial score (nSPS) is 18.2. The Labute approximate surface area is 127 Å². The van der Waals surface area contributed by atoms with Crippen LogP contribution in [0.15, 0.2) is 41.8 Å². The molecule has 2 aromatic rings. The van der Waals surface area contributed by atoms with Crippen molar-refractivity contribution in [3.63, 3.8) is 0 Å². The van der Waals surface area contributed by atoms with Crippen LogP contribution in [0.5, 0.6) is 0 Å². The zero-order valence-electron chi connectivity index (χ0n) is 10.9. The van der Waals surface area contributed by atoms with Crippen molar-refractivity contribution in [2.24, 2.45) is 0 Å². The van der Waals surface area contributed by atoms with Crippen LogP contribution in [0.3, 0.4) is 0 Å². The van der Waals surface area contributed by atoms with Gasteiger partial charge in [-0.2, -0.15) is 0 Å². The molecule has 1 saturated heterocycles. The molecule has 1 aliphatic rings. The smallest absolute Gasteiger partial charge is 0.317 e. The molecule has 1 aromatic heterocycles. The number of urea groups is 1. The summed E-state index contributed by atoms with van der Waals surface area (Å²) >= 11 is 7.55. The van der Waals surface area contributed by atoms with Crippen LogP contribution in [0, 0.1) is 0 Å². The minimum Gasteiger partial charge on any atom is -0.317 e. The Morgan fingerprint density at radius 2 is 2.10 bits per heavy atom. The van der Waals surface area contributed by atoms with Crippen LogP contribution in [0.2, 0.25) is 5.02 Å². The second-order valence-electron chi connectivity index (χ2n) is 4.80. The van der Waals surface area contributed by atoms with Crippen LogP contribution in [0.4, 0.5) is 10.5 Å². The van der Waals surface area contributed by atoms with Gasteiger partial charge in [0.05, 0.1) is 6.04 Å². The lowest BCUT2D eigenvalue weighted by atomic mass is 10.2. The third kappa shape index (κ3) is 2.81. The molecule has 20 heavy (non-hydrogen) atoms. The summed E-state index contributed by atoms with van der Waals surface area (Å²) in [5, 5.41) is 5.66. The number of likely N-dealkylation sites (tertiary alicyclic amines) is 1. The van der Waals surface area contributed by atoms with Crippen molar-refractivity contribution in [1.82, 2.24) is 4.90 Å². The summed E-state index contributed by atoms with van der Waals surface area (Å²) in [5.74, 6) is 0. The molecule has 3 rings (SSSR count). The molecule has 0 spiro atoms. The van der Waals surface area contributed by atoms with Gasteiger partial charge in [0.15, 0.2) is 0 Å². The molecule has 1 aromatic carbocycles. The SMILES string of the molecule is O=C(Nc1ccc(Cl)cc1)N1CCC[C@@H]1c1cccs1. The Bertz CT molecular complexity index is 582. The third-order valence-corrected chi connectivity index (χ3v) is 4.71. The van der Waals surface area contributed by atoms with E-state index < -0.39 is 0 Å². The first kappa shape index (κ1) is 13.5. The first-order valence-corrected chi connectivity index (χ1v) is 7.86. The van der Waals surface area contributed by atoms with E-state index in [0.717, 1.165) is 25.1 Å². The summed E-state index contributed by atoms with van der Waals surface area (Å²) in [7, 11) is 0. The van der Waals surface area contributed by atoms with Crippen LogP contribution >= 0.6 is 22.9 Å². The van der Waals surface area contributed by atoms with Crippen LogP contribution in [0.1, 0.15) is 23.8 Å². The molecule has 5 heteroatoms. The fraction of sp³-hybridized carbons (Fsp3) is 0.267. The molecule has 1 atom stereocenters. The molecule has 0 bridgehead atoms. The van der Waals surface area contributed by atoms with Gasteiger partial charge in [0.1, 0.15) is 0 Å². The van der Waals surface area contributed by atoms with Crippen LogP contribution in [-0.2, 0) is 0 Å². The molecular weight excluding hydrogens is 292 g/mol. The molecular formula is C15H15ClN2OS. The fourth-order valence-electron chi connectivity index (χ4n) is 2.51. The van der Waals surface area contributed by atoms with E-state index in [4.69, 9.17) is 11.6 Å². The highest BCUT2D eigenvalue weighted by Crippen LogP contribution is 2.34. The van der Waals surface area contributed by atoms with Crippen molar-refractivity contribution in [3.05, 3.63) is 51.7 Å². The molecule has 3 nitrogen and oxygen atoms in total. The molecule has 0 saturated carbocycles. The van der Waals surface area contributed by atoms with Gasteiger partial charge in [-0.05, 0) is 48.6 Å². The van der Waals surface area contributed by atoms with Gasteiger partial charge in [-0.25, -0.2) is 4.79 Å². The number of carbonyl (C=O) groups excluding carboxylic acids is 1. The van der Waals surface area contributed by atoms with E-state index in [1.807, 2.05) is 23.1 Å². The zero-order chi connectivity index (χ0) is 13.9. The first-order chi connectivity index (χ1) is 9.74. The summed E-state index contributed by atoms with van der Waals surface area (Å²) in [5.41, 5.74) is 0.774. The van der Waals surface area contributed by atoms with Crippen LogP contribution < -0.4 is 5.32 Å². The Morgan fingerprint density at radius 1 is 1.30 bits per heavy atom. The van der Waals surface area contributed by atoms with Gasteiger partial charge >= 0.3 is 6.03 Å². The fourth-order valence-corrected chi connectivity index (χ4v) is 3.51. The first-order valence-electron chi connectivity index (χ1n) is 6.60. The van der Waals surface area contributed by atoms with E-state index in [9.17, 15) is 4.79 Å². The number of rotatable bonds is 2. The Hall–Kier alpha value is -1.52. The Kier molecular flexibility index (Phi) is 3.94. The number of halogens is 1. The molecule has 2 amide bonds. The van der Waals surface area contributed by atoms with E-state index in [2.05, 4.69) is 16.8 Å². The summed E-state index contributed by atoms with van der Waals surface area (Å²) < 4.78 is 0. The molecule has 0 aliphatic carbocycles. The van der Waals surface area contributed by atoms with Crippen LogP contribution in [0.25, 0.3) is 0 Å². The van der Waals surface area contributed by atoms with Gasteiger partial charge in [0.25, 0.3) is 0 Å². The number of hydrogen-bond acceptors (Lipinski definition) is 2. The van der Waals surface area contributed by atoms with Gasteiger partial charge in [0.2, 0.25) is 0 Å². The van der Waals surface area contributed by atoms with Crippen molar-refractivity contribution in [2.45, 2.75) is 18.9 Å². The summed E-state index contributed by atoms with van der Waals surface area (Å²) in [6, 6.07) is 11.5. The molecule has 1 N–H and O–H groups in total. The largest absolute Gasteiger partial charge is 0.322 e. The highest BCUT2D eigenvalue weighted by atomic mass is 35.5.